The van der Waals surface area contributed by atoms with Crippen LogP contribution in [0, 0.1) is 5.82 Å². The summed E-state index contributed by atoms with van der Waals surface area (Å²) in [5.41, 5.74) is 0.256. The van der Waals surface area contributed by atoms with E-state index in [2.05, 4.69) is 14.9 Å². The Bertz CT molecular complexity index is 1560. The van der Waals surface area contributed by atoms with Crippen LogP contribution >= 0.6 is 0 Å². The van der Waals surface area contributed by atoms with Gasteiger partial charge in [-0.15, -0.1) is 5.10 Å². The van der Waals surface area contributed by atoms with Gasteiger partial charge in [-0.1, -0.05) is 19.3 Å². The van der Waals surface area contributed by atoms with Gasteiger partial charge in [-0.3, -0.25) is 9.36 Å². The Hall–Kier alpha value is -3.58. The number of rotatable bonds is 4. The lowest BCUT2D eigenvalue weighted by Gasteiger charge is -2.44. The van der Waals surface area contributed by atoms with E-state index in [0.717, 1.165) is 68.3 Å². The number of fused-ring (bicyclic) bond motifs is 4. The van der Waals surface area contributed by atoms with Crippen molar-refractivity contribution in [1.82, 2.24) is 14.5 Å². The number of ether oxygens (including phenoxy) is 1. The van der Waals surface area contributed by atoms with Crippen LogP contribution in [-0.4, -0.2) is 40.9 Å². The first-order chi connectivity index (χ1) is 17.7. The molecule has 3 aliphatic rings. The Kier molecular flexibility index (Phi) is 5.46. The number of carbonyl (C=O) groups excluding carboxylic acids is 1. The second-order valence-electron chi connectivity index (χ2n) is 9.79. The number of nitrogens with one attached hydrogen (secondary N) is 1. The summed E-state index contributed by atoms with van der Waals surface area (Å²) >= 11 is 0. The molecule has 0 bridgehead atoms. The molecule has 11 nitrogen and oxygen atoms in total. The molecule has 0 saturated heterocycles. The highest BCUT2D eigenvalue weighted by molar-refractivity contribution is 7.89. The standard InChI is InChI=1S/C24H26FN7O4S/c1-14(33)36-22-24(9-3-2-4-10-24)31-20(32(30-22)17-6-7-17)11-15-13-27-23(29-21(15)31)28-16-5-8-19(18(25)12-16)37(26,34)35/h5,8,11-13,17H,2-4,6-7,9-10H2,1H3,(H2,26,34,35)(H,27,28,29). The first-order valence-electron chi connectivity index (χ1n) is 12.2. The summed E-state index contributed by atoms with van der Waals surface area (Å²) in [5.74, 6) is 0.0886. The van der Waals surface area contributed by atoms with Gasteiger partial charge in [0.25, 0.3) is 0 Å². The number of hydrogen-bond acceptors (Lipinski definition) is 9. The first-order valence-corrected chi connectivity index (χ1v) is 13.8. The molecule has 0 amide bonds. The van der Waals surface area contributed by atoms with E-state index in [0.29, 0.717) is 11.5 Å². The average Bonchev–Trinajstić information content (AvgIpc) is 3.60. The lowest BCUT2D eigenvalue weighted by atomic mass is 9.80. The third-order valence-electron chi connectivity index (χ3n) is 7.09. The number of aromatic nitrogens is 3. The summed E-state index contributed by atoms with van der Waals surface area (Å²) < 4.78 is 45.3. The minimum Gasteiger partial charge on any atom is -0.407 e. The minimum absolute atomic E-state index is 0.205. The van der Waals surface area contributed by atoms with Gasteiger partial charge in [-0.05, 0) is 49.9 Å². The molecule has 0 unspecified atom stereocenters. The molecule has 194 valence electrons. The third kappa shape index (κ3) is 4.11. The van der Waals surface area contributed by atoms with Crippen molar-refractivity contribution in [2.45, 2.75) is 68.3 Å². The molecule has 3 heterocycles. The fourth-order valence-corrected chi connectivity index (χ4v) is 5.90. The van der Waals surface area contributed by atoms with Crippen molar-refractivity contribution in [3.63, 3.8) is 0 Å². The molecule has 13 heteroatoms. The van der Waals surface area contributed by atoms with Crippen LogP contribution in [0.4, 0.5) is 21.8 Å². The number of anilines is 3. The number of nitrogens with two attached hydrogens (primary N) is 1. The van der Waals surface area contributed by atoms with Crippen molar-refractivity contribution in [2.24, 2.45) is 10.2 Å². The normalized spacial score (nSPS) is 19.0. The molecule has 3 N–H and O–H groups in total. The number of hydrazone groups is 1. The van der Waals surface area contributed by atoms with Gasteiger partial charge >= 0.3 is 5.97 Å². The number of primary sulfonamides is 1. The Balaban J connectivity index is 1.46. The Labute approximate surface area is 212 Å². The number of carbonyl (C=O) groups is 1. The maximum absolute atomic E-state index is 14.4. The van der Waals surface area contributed by atoms with E-state index >= 15 is 0 Å². The Morgan fingerprint density at radius 2 is 1.97 bits per heavy atom. The summed E-state index contributed by atoms with van der Waals surface area (Å²) in [6.45, 7) is 1.38. The van der Waals surface area contributed by atoms with Crippen molar-refractivity contribution in [1.29, 1.82) is 0 Å². The van der Waals surface area contributed by atoms with Gasteiger partial charge in [0.2, 0.25) is 21.9 Å². The van der Waals surface area contributed by atoms with Gasteiger partial charge in [0, 0.05) is 24.2 Å². The second kappa shape index (κ2) is 8.48. The lowest BCUT2D eigenvalue weighted by molar-refractivity contribution is -0.133. The topological polar surface area (TPSA) is 145 Å². The zero-order valence-corrected chi connectivity index (χ0v) is 21.0. The van der Waals surface area contributed by atoms with Crippen LogP contribution in [0.3, 0.4) is 0 Å². The van der Waals surface area contributed by atoms with Crippen LogP contribution < -0.4 is 15.5 Å². The van der Waals surface area contributed by atoms with Crippen molar-refractivity contribution in [2.75, 3.05) is 10.3 Å². The number of esters is 1. The van der Waals surface area contributed by atoms with E-state index in [9.17, 15) is 17.6 Å². The summed E-state index contributed by atoms with van der Waals surface area (Å²) in [7, 11) is -4.18. The predicted octanol–water partition coefficient (Wildman–Crippen LogP) is 3.48. The monoisotopic (exact) mass is 527 g/mol. The third-order valence-corrected chi connectivity index (χ3v) is 8.03. The van der Waals surface area contributed by atoms with Gasteiger partial charge in [0.05, 0.1) is 6.04 Å². The molecule has 37 heavy (non-hydrogen) atoms. The molecular weight excluding hydrogens is 501 g/mol. The molecule has 3 aromatic rings. The number of hydrogen-bond donors (Lipinski definition) is 2. The van der Waals surface area contributed by atoms with E-state index in [1.807, 2.05) is 11.1 Å². The molecular formula is C24H26FN7O4S. The molecule has 2 aromatic heterocycles. The fourth-order valence-electron chi connectivity index (χ4n) is 5.32. The lowest BCUT2D eigenvalue weighted by Crippen LogP contribution is -2.51. The summed E-state index contributed by atoms with van der Waals surface area (Å²) in [6.07, 6.45) is 8.15. The molecule has 2 saturated carbocycles. The van der Waals surface area contributed by atoms with E-state index < -0.39 is 32.2 Å². The van der Waals surface area contributed by atoms with Crippen LogP contribution in [-0.2, 0) is 25.1 Å². The van der Waals surface area contributed by atoms with E-state index in [1.54, 1.807) is 6.20 Å². The highest BCUT2D eigenvalue weighted by Gasteiger charge is 2.49. The van der Waals surface area contributed by atoms with Crippen molar-refractivity contribution >= 4 is 50.4 Å². The molecule has 1 aromatic carbocycles. The minimum atomic E-state index is -4.18. The van der Waals surface area contributed by atoms with Crippen LogP contribution in [0.25, 0.3) is 11.0 Å². The van der Waals surface area contributed by atoms with Gasteiger partial charge in [-0.25, -0.2) is 27.9 Å². The maximum Gasteiger partial charge on any atom is 0.309 e. The Morgan fingerprint density at radius 3 is 2.62 bits per heavy atom. The average molecular weight is 528 g/mol. The summed E-state index contributed by atoms with van der Waals surface area (Å²) in [4.78, 5) is 20.6. The predicted molar refractivity (Wildman–Crippen MR) is 134 cm³/mol. The second-order valence-corrected chi connectivity index (χ2v) is 11.3. The number of nitrogens with zero attached hydrogens (tertiary/aromatic N) is 5. The zero-order chi connectivity index (χ0) is 25.9. The smallest absolute Gasteiger partial charge is 0.309 e. The molecule has 0 atom stereocenters. The number of benzene rings is 1. The fraction of sp³-hybridized carbons (Fsp3) is 0.417. The Morgan fingerprint density at radius 1 is 1.22 bits per heavy atom. The van der Waals surface area contributed by atoms with E-state index in [-0.39, 0.29) is 17.7 Å². The summed E-state index contributed by atoms with van der Waals surface area (Å²) in [6, 6.07) is 5.75. The van der Waals surface area contributed by atoms with E-state index in [4.69, 9.17) is 20.0 Å². The van der Waals surface area contributed by atoms with Crippen molar-refractivity contribution < 1.29 is 22.3 Å². The van der Waals surface area contributed by atoms with Gasteiger partial charge in [0.1, 0.15) is 27.7 Å². The van der Waals surface area contributed by atoms with Crippen LogP contribution in [0.2, 0.25) is 0 Å². The number of halogens is 1. The highest BCUT2D eigenvalue weighted by Crippen LogP contribution is 2.48. The van der Waals surface area contributed by atoms with Gasteiger partial charge in [-0.2, -0.15) is 4.98 Å². The van der Waals surface area contributed by atoms with Crippen molar-refractivity contribution in [3.8, 4) is 0 Å². The summed E-state index contributed by atoms with van der Waals surface area (Å²) in [5, 5.41) is 15.6. The molecule has 1 aliphatic heterocycles. The zero-order valence-electron chi connectivity index (χ0n) is 20.1. The van der Waals surface area contributed by atoms with Crippen LogP contribution in [0.5, 0.6) is 0 Å². The molecule has 0 radical (unpaired) electrons. The molecule has 1 spiro atoms. The van der Waals surface area contributed by atoms with Crippen LogP contribution in [0.15, 0.2) is 40.5 Å². The molecule has 6 rings (SSSR count). The van der Waals surface area contributed by atoms with Crippen LogP contribution in [0.1, 0.15) is 51.9 Å². The molecule has 2 fully saturated rings. The first kappa shape index (κ1) is 23.8. The van der Waals surface area contributed by atoms with Gasteiger partial charge in [0.15, 0.2) is 0 Å². The molecule has 2 aliphatic carbocycles. The highest BCUT2D eigenvalue weighted by atomic mass is 32.2. The SMILES string of the molecule is CC(=O)OC1=NN(C2CC2)c2cc3cnc(Nc4ccc(S(N)(=O)=O)c(F)c4)nc3n2C12CCCCC2. The van der Waals surface area contributed by atoms with E-state index in [1.165, 1.54) is 13.0 Å². The quantitative estimate of drug-likeness (QED) is 0.491. The largest absolute Gasteiger partial charge is 0.407 e. The van der Waals surface area contributed by atoms with Crippen molar-refractivity contribution in [3.05, 3.63) is 36.3 Å². The maximum atomic E-state index is 14.4. The van der Waals surface area contributed by atoms with Gasteiger partial charge < -0.3 is 10.1 Å². The number of sulfonamides is 1.